The highest BCUT2D eigenvalue weighted by atomic mass is 35.5. The van der Waals surface area contributed by atoms with Gasteiger partial charge in [0, 0.05) is 16.5 Å². The van der Waals surface area contributed by atoms with Gasteiger partial charge in [-0.3, -0.25) is 9.59 Å². The molecule has 0 unspecified atom stereocenters. The minimum atomic E-state index is -0.780. The molecule has 1 aromatic carbocycles. The minimum absolute atomic E-state index is 0.199. The van der Waals surface area contributed by atoms with Gasteiger partial charge in [0.25, 0.3) is 5.91 Å². The summed E-state index contributed by atoms with van der Waals surface area (Å²) in [7, 11) is 0. The molecule has 2 aromatic rings. The Labute approximate surface area is 154 Å². The maximum absolute atomic E-state index is 12.3. The predicted molar refractivity (Wildman–Crippen MR) is 92.3 cm³/mol. The number of benzene rings is 1. The summed E-state index contributed by atoms with van der Waals surface area (Å²) in [6.45, 7) is 1.95. The summed E-state index contributed by atoms with van der Waals surface area (Å²) in [5.41, 5.74) is 1.62. The molecule has 8 nitrogen and oxygen atoms in total. The van der Waals surface area contributed by atoms with Gasteiger partial charge in [-0.05, 0) is 44.0 Å². The molecule has 0 bridgehead atoms. The van der Waals surface area contributed by atoms with Gasteiger partial charge in [0.05, 0.1) is 18.7 Å². The molecule has 0 spiro atoms. The molecule has 3 rings (SSSR count). The number of rotatable bonds is 5. The number of halogens is 1. The van der Waals surface area contributed by atoms with E-state index in [4.69, 9.17) is 11.6 Å². The van der Waals surface area contributed by atoms with Gasteiger partial charge in [-0.15, -0.1) is 0 Å². The smallest absolute Gasteiger partial charge is 0.251 e. The van der Waals surface area contributed by atoms with Crippen molar-refractivity contribution < 1.29 is 19.3 Å². The number of hydrogen-bond acceptors (Lipinski definition) is 6. The number of nitrogens with zero attached hydrogens (tertiary/aromatic N) is 2. The molecule has 1 aromatic heterocycles. The van der Waals surface area contributed by atoms with E-state index in [1.807, 2.05) is 0 Å². The molecule has 0 radical (unpaired) electrons. The first-order valence-electron chi connectivity index (χ1n) is 8.24. The summed E-state index contributed by atoms with van der Waals surface area (Å²) in [5, 5.41) is 23.6. The Hall–Kier alpha value is -2.45. The largest absolute Gasteiger partial charge is 0.391 e. The van der Waals surface area contributed by atoms with Crippen molar-refractivity contribution >= 4 is 23.4 Å². The monoisotopic (exact) mass is 378 g/mol. The standard InChI is InChI=1S/C17H19ClN4O4/c1-9-14(22-26-21-9)8-19-16(24)11-6-13(15(23)7-11)20-17(25)10-2-4-12(18)5-3-10/h2-5,11,13,15,23H,6-8H2,1H3,(H,19,24)(H,20,25)/t11-,13+,15+/m0/s1. The number of aryl methyl sites for hydroxylation is 1. The van der Waals surface area contributed by atoms with Crippen LogP contribution in [0.4, 0.5) is 0 Å². The van der Waals surface area contributed by atoms with Gasteiger partial charge in [0.1, 0.15) is 11.4 Å². The highest BCUT2D eigenvalue weighted by molar-refractivity contribution is 6.30. The van der Waals surface area contributed by atoms with E-state index in [2.05, 4.69) is 25.6 Å². The molecule has 1 fully saturated rings. The average molecular weight is 379 g/mol. The first-order valence-corrected chi connectivity index (χ1v) is 8.62. The lowest BCUT2D eigenvalue weighted by Gasteiger charge is -2.16. The van der Waals surface area contributed by atoms with Crippen LogP contribution in [0.3, 0.4) is 0 Å². The lowest BCUT2D eigenvalue weighted by atomic mass is 10.1. The van der Waals surface area contributed by atoms with Crippen molar-refractivity contribution in [2.24, 2.45) is 5.92 Å². The number of carbonyl (C=O) groups excluding carboxylic acids is 2. The van der Waals surface area contributed by atoms with E-state index in [-0.39, 0.29) is 30.7 Å². The van der Waals surface area contributed by atoms with E-state index in [9.17, 15) is 14.7 Å². The predicted octanol–water partition coefficient (Wildman–Crippen LogP) is 1.22. The quantitative estimate of drug-likeness (QED) is 0.720. The van der Waals surface area contributed by atoms with Crippen LogP contribution in [0.5, 0.6) is 0 Å². The fraction of sp³-hybridized carbons (Fsp3) is 0.412. The lowest BCUT2D eigenvalue weighted by Crippen LogP contribution is -2.40. The normalized spacial score (nSPS) is 22.2. The Morgan fingerprint density at radius 1 is 1.27 bits per heavy atom. The van der Waals surface area contributed by atoms with E-state index >= 15 is 0 Å². The number of aliphatic hydroxyl groups is 1. The second-order valence-electron chi connectivity index (χ2n) is 6.34. The van der Waals surface area contributed by atoms with Crippen LogP contribution in [0.25, 0.3) is 0 Å². The van der Waals surface area contributed by atoms with Crippen LogP contribution in [0.15, 0.2) is 28.9 Å². The lowest BCUT2D eigenvalue weighted by molar-refractivity contribution is -0.125. The number of nitrogens with one attached hydrogen (secondary N) is 2. The van der Waals surface area contributed by atoms with Crippen molar-refractivity contribution in [1.82, 2.24) is 20.9 Å². The van der Waals surface area contributed by atoms with E-state index in [1.54, 1.807) is 31.2 Å². The zero-order valence-corrected chi connectivity index (χ0v) is 14.9. The molecule has 3 atom stereocenters. The molecule has 138 valence electrons. The summed E-state index contributed by atoms with van der Waals surface area (Å²) in [6.07, 6.45) is -0.132. The summed E-state index contributed by atoms with van der Waals surface area (Å²) in [4.78, 5) is 24.6. The molecule has 3 N–H and O–H groups in total. The van der Waals surface area contributed by atoms with Crippen molar-refractivity contribution in [3.8, 4) is 0 Å². The molecule has 1 aliphatic rings. The van der Waals surface area contributed by atoms with E-state index in [1.165, 1.54) is 0 Å². The van der Waals surface area contributed by atoms with Gasteiger partial charge in [-0.25, -0.2) is 4.63 Å². The van der Waals surface area contributed by atoms with Crippen LogP contribution in [-0.2, 0) is 11.3 Å². The maximum atomic E-state index is 12.3. The minimum Gasteiger partial charge on any atom is -0.391 e. The van der Waals surface area contributed by atoms with Crippen molar-refractivity contribution in [2.75, 3.05) is 0 Å². The number of carbonyl (C=O) groups is 2. The van der Waals surface area contributed by atoms with Crippen LogP contribution in [-0.4, -0.2) is 39.4 Å². The summed E-state index contributed by atoms with van der Waals surface area (Å²) >= 11 is 5.81. The van der Waals surface area contributed by atoms with Crippen molar-refractivity contribution in [1.29, 1.82) is 0 Å². The van der Waals surface area contributed by atoms with Gasteiger partial charge >= 0.3 is 0 Å². The van der Waals surface area contributed by atoms with Crippen LogP contribution in [0, 0.1) is 12.8 Å². The highest BCUT2D eigenvalue weighted by Gasteiger charge is 2.37. The Bertz CT molecular complexity index is 792. The molecule has 1 aliphatic carbocycles. The van der Waals surface area contributed by atoms with Crippen molar-refractivity contribution in [3.63, 3.8) is 0 Å². The first kappa shape index (κ1) is 18.3. The SMILES string of the molecule is Cc1nonc1CNC(=O)[C@@H]1C[C@@H](O)[C@H](NC(=O)c2ccc(Cl)cc2)C1. The zero-order valence-electron chi connectivity index (χ0n) is 14.1. The van der Waals surface area contributed by atoms with E-state index in [0.717, 1.165) is 0 Å². The number of hydrogen-bond donors (Lipinski definition) is 3. The van der Waals surface area contributed by atoms with Crippen molar-refractivity contribution in [3.05, 3.63) is 46.2 Å². The van der Waals surface area contributed by atoms with Crippen LogP contribution >= 0.6 is 11.6 Å². The third kappa shape index (κ3) is 4.20. The molecule has 9 heteroatoms. The number of aromatic nitrogens is 2. The van der Waals surface area contributed by atoms with Gasteiger partial charge in [0.15, 0.2) is 0 Å². The Morgan fingerprint density at radius 3 is 2.65 bits per heavy atom. The summed E-state index contributed by atoms with van der Waals surface area (Å²) in [6, 6.07) is 5.98. The first-order chi connectivity index (χ1) is 12.4. The maximum Gasteiger partial charge on any atom is 0.251 e. The van der Waals surface area contributed by atoms with Crippen LogP contribution in [0.2, 0.25) is 5.02 Å². The Kier molecular flexibility index (Phi) is 5.53. The van der Waals surface area contributed by atoms with E-state index < -0.39 is 12.1 Å². The van der Waals surface area contributed by atoms with Gasteiger partial charge in [0.2, 0.25) is 5.91 Å². The molecule has 1 saturated carbocycles. The fourth-order valence-electron chi connectivity index (χ4n) is 2.96. The molecule has 1 heterocycles. The molecule has 26 heavy (non-hydrogen) atoms. The van der Waals surface area contributed by atoms with Crippen LogP contribution in [0.1, 0.15) is 34.6 Å². The number of amides is 2. The third-order valence-corrected chi connectivity index (χ3v) is 4.75. The van der Waals surface area contributed by atoms with E-state index in [0.29, 0.717) is 28.4 Å². The molecular formula is C17H19ClN4O4. The fourth-order valence-corrected chi connectivity index (χ4v) is 3.09. The second-order valence-corrected chi connectivity index (χ2v) is 6.77. The van der Waals surface area contributed by atoms with Crippen molar-refractivity contribution in [2.45, 2.75) is 38.5 Å². The second kappa shape index (κ2) is 7.84. The molecular weight excluding hydrogens is 360 g/mol. The topological polar surface area (TPSA) is 117 Å². The van der Waals surface area contributed by atoms with Gasteiger partial charge < -0.3 is 15.7 Å². The van der Waals surface area contributed by atoms with Gasteiger partial charge in [-0.2, -0.15) is 0 Å². The average Bonchev–Trinajstić information content (AvgIpc) is 3.19. The highest BCUT2D eigenvalue weighted by Crippen LogP contribution is 2.27. The summed E-state index contributed by atoms with van der Waals surface area (Å²) < 4.78 is 4.58. The Balaban J connectivity index is 1.53. The number of aliphatic hydroxyl groups excluding tert-OH is 1. The van der Waals surface area contributed by atoms with Crippen LogP contribution < -0.4 is 10.6 Å². The third-order valence-electron chi connectivity index (χ3n) is 4.50. The molecule has 0 saturated heterocycles. The zero-order chi connectivity index (χ0) is 18.7. The summed E-state index contributed by atoms with van der Waals surface area (Å²) in [5.74, 6) is -0.897. The molecule has 2 amide bonds. The van der Waals surface area contributed by atoms with Gasteiger partial charge in [-0.1, -0.05) is 21.9 Å². The Morgan fingerprint density at radius 2 is 2.00 bits per heavy atom. The molecule has 0 aliphatic heterocycles.